The first-order valence-electron chi connectivity index (χ1n) is 9.73. The summed E-state index contributed by atoms with van der Waals surface area (Å²) in [6.45, 7) is 3.15. The zero-order chi connectivity index (χ0) is 20.2. The average molecular weight is 392 g/mol. The third-order valence-corrected chi connectivity index (χ3v) is 5.00. The van der Waals surface area contributed by atoms with Crippen LogP contribution in [0, 0.1) is 0 Å². The Kier molecular flexibility index (Phi) is 5.50. The van der Waals surface area contributed by atoms with E-state index in [0.29, 0.717) is 13.2 Å². The molecular weight excluding hydrogens is 368 g/mol. The maximum Gasteiger partial charge on any atom is 0.289 e. The van der Waals surface area contributed by atoms with E-state index in [1.165, 1.54) is 0 Å². The van der Waals surface area contributed by atoms with E-state index < -0.39 is 0 Å². The van der Waals surface area contributed by atoms with Crippen molar-refractivity contribution >= 4 is 17.3 Å². The molecule has 0 amide bonds. The van der Waals surface area contributed by atoms with Gasteiger partial charge in [-0.3, -0.25) is 0 Å². The molecule has 1 aliphatic carbocycles. The van der Waals surface area contributed by atoms with Crippen molar-refractivity contribution in [2.45, 2.75) is 32.4 Å². The lowest BCUT2D eigenvalue weighted by Gasteiger charge is -2.23. The van der Waals surface area contributed by atoms with Gasteiger partial charge in [0.05, 0.1) is 26.3 Å². The molecule has 29 heavy (non-hydrogen) atoms. The van der Waals surface area contributed by atoms with Crippen molar-refractivity contribution < 1.29 is 9.47 Å². The molecule has 2 aliphatic rings. The van der Waals surface area contributed by atoms with E-state index in [-0.39, 0.29) is 12.0 Å². The first-order valence-corrected chi connectivity index (χ1v) is 9.73. The zero-order valence-electron chi connectivity index (χ0n) is 16.9. The van der Waals surface area contributed by atoms with E-state index >= 15 is 0 Å². The maximum atomic E-state index is 5.76. The number of para-hydroxylation sites is 1. The lowest BCUT2D eigenvalue weighted by Crippen LogP contribution is -2.28. The maximum absolute atomic E-state index is 5.76. The fourth-order valence-corrected chi connectivity index (χ4v) is 3.49. The fraction of sp³-hybridized carbons (Fsp3) is 0.381. The molecule has 0 saturated heterocycles. The van der Waals surface area contributed by atoms with E-state index in [4.69, 9.17) is 9.47 Å². The molecular formula is C21H24N6O2. The lowest BCUT2D eigenvalue weighted by atomic mass is 9.98. The van der Waals surface area contributed by atoms with Crippen molar-refractivity contribution in [3.63, 3.8) is 0 Å². The van der Waals surface area contributed by atoms with Crippen molar-refractivity contribution in [2.24, 2.45) is 10.2 Å². The van der Waals surface area contributed by atoms with Crippen LogP contribution in [0.25, 0.3) is 5.57 Å². The Hall–Kier alpha value is -3.29. The normalized spacial score (nSPS) is 17.6. The Morgan fingerprint density at radius 1 is 1.24 bits per heavy atom. The summed E-state index contributed by atoms with van der Waals surface area (Å²) in [5.41, 5.74) is 2.83. The van der Waals surface area contributed by atoms with Crippen LogP contribution in [0.1, 0.15) is 31.0 Å². The molecule has 8 heteroatoms. The van der Waals surface area contributed by atoms with Crippen LogP contribution in [0.15, 0.2) is 52.4 Å². The van der Waals surface area contributed by atoms with Crippen molar-refractivity contribution in [2.75, 3.05) is 25.7 Å². The Morgan fingerprint density at radius 2 is 2.10 bits per heavy atom. The van der Waals surface area contributed by atoms with Crippen molar-refractivity contribution in [1.82, 2.24) is 15.2 Å². The van der Waals surface area contributed by atoms with Crippen LogP contribution < -0.4 is 9.64 Å². The number of nitrogens with zero attached hydrogens (tertiary/aromatic N) is 6. The number of benzene rings is 1. The van der Waals surface area contributed by atoms with Crippen LogP contribution in [-0.4, -0.2) is 42.0 Å². The molecule has 4 rings (SSSR count). The Bertz CT molecular complexity index is 985. The molecule has 1 aromatic carbocycles. The zero-order valence-corrected chi connectivity index (χ0v) is 16.9. The van der Waals surface area contributed by atoms with Gasteiger partial charge in [-0.2, -0.15) is 10.1 Å². The molecule has 0 N–H and O–H groups in total. The van der Waals surface area contributed by atoms with Crippen molar-refractivity contribution in [3.8, 4) is 5.75 Å². The Morgan fingerprint density at radius 3 is 2.93 bits per heavy atom. The molecule has 2 aromatic rings. The number of fused-ring (bicyclic) bond motifs is 3. The highest BCUT2D eigenvalue weighted by Gasteiger charge is 2.36. The minimum Gasteiger partial charge on any atom is -0.497 e. The topological polar surface area (TPSA) is 85.1 Å². The first-order chi connectivity index (χ1) is 14.2. The minimum absolute atomic E-state index is 0.195. The van der Waals surface area contributed by atoms with Gasteiger partial charge in [0, 0.05) is 18.2 Å². The van der Waals surface area contributed by atoms with Gasteiger partial charge in [0.1, 0.15) is 17.2 Å². The Labute approximate surface area is 170 Å². The largest absolute Gasteiger partial charge is 0.497 e. The monoisotopic (exact) mass is 392 g/mol. The van der Waals surface area contributed by atoms with Gasteiger partial charge >= 0.3 is 0 Å². The number of anilines is 1. The second kappa shape index (κ2) is 8.38. The van der Waals surface area contributed by atoms with Gasteiger partial charge in [-0.15, -0.1) is 15.3 Å². The van der Waals surface area contributed by atoms with E-state index in [2.05, 4.69) is 43.3 Å². The summed E-state index contributed by atoms with van der Waals surface area (Å²) in [5, 5.41) is 17.0. The minimum atomic E-state index is 0.195. The number of azo groups is 1. The summed E-state index contributed by atoms with van der Waals surface area (Å²) in [4.78, 5) is 6.67. The van der Waals surface area contributed by atoms with E-state index in [1.807, 2.05) is 37.4 Å². The van der Waals surface area contributed by atoms with E-state index in [0.717, 1.165) is 47.0 Å². The highest BCUT2D eigenvalue weighted by atomic mass is 16.5. The number of aromatic nitrogens is 3. The Balaban J connectivity index is 1.51. The van der Waals surface area contributed by atoms with Gasteiger partial charge in [-0.1, -0.05) is 25.1 Å². The highest BCUT2D eigenvalue weighted by Crippen LogP contribution is 2.41. The van der Waals surface area contributed by atoms with Gasteiger partial charge in [0.15, 0.2) is 5.82 Å². The van der Waals surface area contributed by atoms with Gasteiger partial charge in [0.2, 0.25) is 0 Å². The second-order valence-corrected chi connectivity index (χ2v) is 6.91. The van der Waals surface area contributed by atoms with Crippen LogP contribution in [-0.2, 0) is 11.3 Å². The molecule has 2 heterocycles. The van der Waals surface area contributed by atoms with Gasteiger partial charge in [0.25, 0.3) is 5.95 Å². The molecule has 0 bridgehead atoms. The summed E-state index contributed by atoms with van der Waals surface area (Å²) in [6.07, 6.45) is 5.87. The molecule has 1 unspecified atom stereocenters. The summed E-state index contributed by atoms with van der Waals surface area (Å²) in [5.74, 6) is 2.69. The van der Waals surface area contributed by atoms with E-state index in [1.54, 1.807) is 7.11 Å². The fourth-order valence-electron chi connectivity index (χ4n) is 3.49. The summed E-state index contributed by atoms with van der Waals surface area (Å²) in [6, 6.07) is 8.04. The number of ether oxygens (including phenoxy) is 2. The van der Waals surface area contributed by atoms with Crippen LogP contribution >= 0.6 is 0 Å². The van der Waals surface area contributed by atoms with Crippen LogP contribution in [0.2, 0.25) is 0 Å². The quantitative estimate of drug-likeness (QED) is 0.660. The number of rotatable bonds is 7. The van der Waals surface area contributed by atoms with Crippen LogP contribution in [0.4, 0.5) is 11.8 Å². The number of hydrogen-bond donors (Lipinski definition) is 0. The highest BCUT2D eigenvalue weighted by molar-refractivity contribution is 5.85. The summed E-state index contributed by atoms with van der Waals surface area (Å²) >= 11 is 0. The average Bonchev–Trinajstić information content (AvgIpc) is 3.04. The van der Waals surface area contributed by atoms with Crippen molar-refractivity contribution in [1.29, 1.82) is 0 Å². The van der Waals surface area contributed by atoms with Gasteiger partial charge in [-0.05, 0) is 31.1 Å². The third kappa shape index (κ3) is 3.83. The molecule has 0 fully saturated rings. The molecule has 1 aliphatic heterocycles. The van der Waals surface area contributed by atoms with Crippen LogP contribution in [0.5, 0.6) is 5.75 Å². The standard InChI is InChI=1S/C21H24N6O2/c1-4-11-29-18-8-6-5-7-14(18)13-22-25-21-23-20-19(24-26-21)16-12-15(28-3)9-10-17(16)27(20)2/h5-9,12,17H,4,10-11,13H2,1-3H3. The molecule has 0 spiro atoms. The molecule has 0 saturated carbocycles. The predicted octanol–water partition coefficient (Wildman–Crippen LogP) is 4.08. The molecule has 8 nitrogen and oxygen atoms in total. The molecule has 150 valence electrons. The van der Waals surface area contributed by atoms with E-state index in [9.17, 15) is 0 Å². The van der Waals surface area contributed by atoms with Gasteiger partial charge < -0.3 is 14.4 Å². The second-order valence-electron chi connectivity index (χ2n) is 6.91. The number of allylic oxidation sites excluding steroid dienone is 1. The van der Waals surface area contributed by atoms with Crippen molar-refractivity contribution in [3.05, 3.63) is 53.4 Å². The summed E-state index contributed by atoms with van der Waals surface area (Å²) in [7, 11) is 3.68. The number of hydrogen-bond acceptors (Lipinski definition) is 8. The number of methoxy groups -OCH3 is 1. The molecule has 1 aromatic heterocycles. The predicted molar refractivity (Wildman–Crippen MR) is 110 cm³/mol. The first kappa shape index (κ1) is 19.0. The summed E-state index contributed by atoms with van der Waals surface area (Å²) < 4.78 is 11.1. The van der Waals surface area contributed by atoms with Gasteiger partial charge in [-0.25, -0.2) is 0 Å². The SMILES string of the molecule is CCCOc1ccccc1CN=Nc1nnc2c(n1)N(C)C1CC=C(OC)C=C21. The molecule has 1 atom stereocenters. The lowest BCUT2D eigenvalue weighted by molar-refractivity contribution is 0.303. The third-order valence-electron chi connectivity index (χ3n) is 5.00. The smallest absolute Gasteiger partial charge is 0.289 e. The molecule has 0 radical (unpaired) electrons. The number of likely N-dealkylation sites (N-methyl/N-ethyl adjacent to an activating group) is 1. The van der Waals surface area contributed by atoms with Crippen LogP contribution in [0.3, 0.4) is 0 Å².